The van der Waals surface area contributed by atoms with Crippen molar-refractivity contribution in [2.24, 2.45) is 5.92 Å². The summed E-state index contributed by atoms with van der Waals surface area (Å²) in [5, 5.41) is 13.9. The fourth-order valence-corrected chi connectivity index (χ4v) is 4.05. The number of carbonyl (C=O) groups excluding carboxylic acids is 2. The second-order valence-corrected chi connectivity index (χ2v) is 7.66. The van der Waals surface area contributed by atoms with E-state index in [0.29, 0.717) is 25.8 Å². The van der Waals surface area contributed by atoms with Crippen molar-refractivity contribution in [1.29, 1.82) is 0 Å². The highest BCUT2D eigenvalue weighted by Gasteiger charge is 2.36. The number of nitrogens with zero attached hydrogens (tertiary/aromatic N) is 2. The number of amides is 2. The van der Waals surface area contributed by atoms with Crippen LogP contribution >= 0.6 is 0 Å². The molecule has 1 aliphatic carbocycles. The Morgan fingerprint density at radius 2 is 2.11 bits per heavy atom. The quantitative estimate of drug-likeness (QED) is 0.849. The Labute approximate surface area is 158 Å². The van der Waals surface area contributed by atoms with Gasteiger partial charge in [0, 0.05) is 24.5 Å². The number of rotatable bonds is 5. The minimum Gasteiger partial charge on any atom is -0.393 e. The van der Waals surface area contributed by atoms with E-state index in [9.17, 15) is 14.7 Å². The van der Waals surface area contributed by atoms with Crippen molar-refractivity contribution in [3.8, 4) is 0 Å². The third-order valence-corrected chi connectivity index (χ3v) is 5.66. The first-order valence-corrected chi connectivity index (χ1v) is 9.70. The Bertz CT molecular complexity index is 847. The molecular formula is C21H25N3O3. The minimum atomic E-state index is -0.300. The summed E-state index contributed by atoms with van der Waals surface area (Å²) in [4.78, 5) is 30.8. The normalized spacial score (nSPS) is 23.7. The number of likely N-dealkylation sites (tertiary alicyclic amines) is 1. The molecular weight excluding hydrogens is 342 g/mol. The first-order valence-electron chi connectivity index (χ1n) is 9.70. The van der Waals surface area contributed by atoms with Crippen molar-refractivity contribution in [3.05, 3.63) is 42.1 Å². The van der Waals surface area contributed by atoms with Crippen LogP contribution in [-0.2, 0) is 9.59 Å². The zero-order valence-electron chi connectivity index (χ0n) is 15.3. The number of para-hydroxylation sites is 1. The van der Waals surface area contributed by atoms with Crippen LogP contribution in [-0.4, -0.2) is 46.0 Å². The van der Waals surface area contributed by atoms with Gasteiger partial charge in [0.15, 0.2) is 0 Å². The number of nitrogens with one attached hydrogen (secondary N) is 1. The van der Waals surface area contributed by atoms with Gasteiger partial charge in [-0.15, -0.1) is 0 Å². The molecule has 2 aliphatic rings. The second kappa shape index (κ2) is 7.64. The van der Waals surface area contributed by atoms with Crippen LogP contribution in [0, 0.1) is 5.92 Å². The van der Waals surface area contributed by atoms with Gasteiger partial charge in [-0.1, -0.05) is 18.2 Å². The Morgan fingerprint density at radius 3 is 2.89 bits per heavy atom. The summed E-state index contributed by atoms with van der Waals surface area (Å²) in [5.41, 5.74) is 1.86. The molecule has 1 aromatic carbocycles. The monoisotopic (exact) mass is 367 g/mol. The highest BCUT2D eigenvalue weighted by Crippen LogP contribution is 2.38. The van der Waals surface area contributed by atoms with Crippen LogP contribution in [0.15, 0.2) is 36.5 Å². The lowest BCUT2D eigenvalue weighted by Crippen LogP contribution is -2.47. The Balaban J connectivity index is 1.51. The van der Waals surface area contributed by atoms with Crippen molar-refractivity contribution in [3.63, 3.8) is 0 Å². The lowest BCUT2D eigenvalue weighted by molar-refractivity contribution is -0.138. The van der Waals surface area contributed by atoms with E-state index in [2.05, 4.69) is 16.4 Å². The summed E-state index contributed by atoms with van der Waals surface area (Å²) in [5.74, 6) is 0.0909. The number of fused-ring (bicyclic) bond motifs is 1. The molecule has 6 nitrogen and oxygen atoms in total. The van der Waals surface area contributed by atoms with Crippen LogP contribution in [0.5, 0.6) is 0 Å². The maximum Gasteiger partial charge on any atom is 0.240 e. The first-order chi connectivity index (χ1) is 13.1. The smallest absolute Gasteiger partial charge is 0.240 e. The van der Waals surface area contributed by atoms with Crippen LogP contribution in [0.4, 0.5) is 0 Å². The number of aliphatic hydroxyl groups excluding tert-OH is 1. The standard InChI is InChI=1S/C21H25N3O3/c25-17-10-15(11-17)21(16-9-14-5-1-2-6-18(14)22-12-16)23-19(26)13-24-8-4-3-7-20(24)27/h1-2,5-6,9,12,15,17,21,25H,3-4,7-8,10-11,13H2,(H,23,26). The predicted molar refractivity (Wildman–Crippen MR) is 102 cm³/mol. The van der Waals surface area contributed by atoms with E-state index in [1.807, 2.05) is 30.5 Å². The Morgan fingerprint density at radius 1 is 1.30 bits per heavy atom. The molecule has 0 radical (unpaired) electrons. The molecule has 0 bridgehead atoms. The van der Waals surface area contributed by atoms with Crippen LogP contribution in [0.2, 0.25) is 0 Å². The third kappa shape index (κ3) is 3.95. The maximum absolute atomic E-state index is 12.6. The summed E-state index contributed by atoms with van der Waals surface area (Å²) in [6.07, 6.45) is 5.23. The zero-order valence-corrected chi connectivity index (χ0v) is 15.3. The zero-order chi connectivity index (χ0) is 18.8. The summed E-state index contributed by atoms with van der Waals surface area (Å²) < 4.78 is 0. The van der Waals surface area contributed by atoms with Gasteiger partial charge in [-0.25, -0.2) is 0 Å². The molecule has 1 aromatic heterocycles. The fourth-order valence-electron chi connectivity index (χ4n) is 4.05. The number of aromatic nitrogens is 1. The predicted octanol–water partition coefficient (Wildman–Crippen LogP) is 2.18. The Hall–Kier alpha value is -2.47. The number of pyridine rings is 1. The van der Waals surface area contributed by atoms with Gasteiger partial charge in [-0.3, -0.25) is 14.6 Å². The average Bonchev–Trinajstić information content (AvgIpc) is 2.65. The number of hydrogen-bond acceptors (Lipinski definition) is 4. The van der Waals surface area contributed by atoms with Crippen molar-refractivity contribution in [1.82, 2.24) is 15.2 Å². The highest BCUT2D eigenvalue weighted by molar-refractivity contribution is 5.85. The summed E-state index contributed by atoms with van der Waals surface area (Å²) in [6, 6.07) is 9.75. The molecule has 1 saturated carbocycles. The highest BCUT2D eigenvalue weighted by atomic mass is 16.3. The molecule has 4 rings (SSSR count). The number of benzene rings is 1. The van der Waals surface area contributed by atoms with Gasteiger partial charge in [-0.05, 0) is 49.3 Å². The molecule has 2 fully saturated rings. The van der Waals surface area contributed by atoms with Gasteiger partial charge in [0.25, 0.3) is 0 Å². The molecule has 1 saturated heterocycles. The molecule has 142 valence electrons. The first kappa shape index (κ1) is 17.9. The van der Waals surface area contributed by atoms with Crippen LogP contribution in [0.1, 0.15) is 43.7 Å². The SMILES string of the molecule is O=C(CN1CCCCC1=O)NC(c1cnc2ccccc2c1)C1CC(O)C1. The van der Waals surface area contributed by atoms with Crippen molar-refractivity contribution in [2.75, 3.05) is 13.1 Å². The summed E-state index contributed by atoms with van der Waals surface area (Å²) >= 11 is 0. The molecule has 1 unspecified atom stereocenters. The average molecular weight is 367 g/mol. The number of piperidine rings is 1. The van der Waals surface area contributed by atoms with Gasteiger partial charge in [-0.2, -0.15) is 0 Å². The third-order valence-electron chi connectivity index (χ3n) is 5.66. The molecule has 2 heterocycles. The van der Waals surface area contributed by atoms with E-state index in [-0.39, 0.29) is 36.4 Å². The molecule has 2 N–H and O–H groups in total. The van der Waals surface area contributed by atoms with E-state index in [4.69, 9.17) is 0 Å². The van der Waals surface area contributed by atoms with Crippen molar-refractivity contribution < 1.29 is 14.7 Å². The van der Waals surface area contributed by atoms with Crippen LogP contribution in [0.25, 0.3) is 10.9 Å². The van der Waals surface area contributed by atoms with Gasteiger partial charge in [0.05, 0.1) is 24.2 Å². The molecule has 2 amide bonds. The summed E-state index contributed by atoms with van der Waals surface area (Å²) in [7, 11) is 0. The van der Waals surface area contributed by atoms with E-state index in [0.717, 1.165) is 29.3 Å². The van der Waals surface area contributed by atoms with Crippen LogP contribution in [0.3, 0.4) is 0 Å². The summed E-state index contributed by atoms with van der Waals surface area (Å²) in [6.45, 7) is 0.752. The minimum absolute atomic E-state index is 0.0550. The molecule has 2 aromatic rings. The van der Waals surface area contributed by atoms with Crippen molar-refractivity contribution >= 4 is 22.7 Å². The molecule has 1 atom stereocenters. The molecule has 27 heavy (non-hydrogen) atoms. The van der Waals surface area contributed by atoms with E-state index in [1.165, 1.54) is 0 Å². The van der Waals surface area contributed by atoms with E-state index >= 15 is 0 Å². The molecule has 1 aliphatic heterocycles. The lowest BCUT2D eigenvalue weighted by Gasteiger charge is -2.38. The van der Waals surface area contributed by atoms with Crippen LogP contribution < -0.4 is 5.32 Å². The van der Waals surface area contributed by atoms with E-state index in [1.54, 1.807) is 4.90 Å². The number of aliphatic hydroxyl groups is 1. The topological polar surface area (TPSA) is 82.5 Å². The number of carbonyl (C=O) groups is 2. The maximum atomic E-state index is 12.6. The van der Waals surface area contributed by atoms with Gasteiger partial charge in [0.1, 0.15) is 0 Å². The van der Waals surface area contributed by atoms with Gasteiger partial charge < -0.3 is 15.3 Å². The second-order valence-electron chi connectivity index (χ2n) is 7.66. The van der Waals surface area contributed by atoms with E-state index < -0.39 is 0 Å². The Kier molecular flexibility index (Phi) is 5.07. The van der Waals surface area contributed by atoms with Gasteiger partial charge in [0.2, 0.25) is 11.8 Å². The largest absolute Gasteiger partial charge is 0.393 e. The lowest BCUT2D eigenvalue weighted by atomic mass is 9.75. The molecule has 0 spiro atoms. The number of hydrogen-bond donors (Lipinski definition) is 2. The van der Waals surface area contributed by atoms with Crippen molar-refractivity contribution in [2.45, 2.75) is 44.2 Å². The molecule has 6 heteroatoms. The fraction of sp³-hybridized carbons (Fsp3) is 0.476. The van der Waals surface area contributed by atoms with Gasteiger partial charge >= 0.3 is 0 Å².